The summed E-state index contributed by atoms with van der Waals surface area (Å²) in [7, 11) is -3.61. The maximum absolute atomic E-state index is 12.3. The number of benzene rings is 2. The molecule has 5 heteroatoms. The van der Waals surface area contributed by atoms with Crippen molar-refractivity contribution in [2.45, 2.75) is 32.1 Å². The summed E-state index contributed by atoms with van der Waals surface area (Å²) < 4.78 is 27.3. The van der Waals surface area contributed by atoms with Crippen LogP contribution in [-0.4, -0.2) is 20.7 Å². The van der Waals surface area contributed by atoms with E-state index in [1.54, 1.807) is 12.1 Å². The number of aryl methyl sites for hydroxylation is 2. The average Bonchev–Trinajstić information content (AvgIpc) is 2.50. The molecule has 0 fully saturated rings. The molecule has 0 bridgehead atoms. The lowest BCUT2D eigenvalue weighted by Crippen LogP contribution is -2.26. The third kappa shape index (κ3) is 4.50. The number of rotatable bonds is 6. The lowest BCUT2D eigenvalue weighted by Gasteiger charge is -2.10. The highest BCUT2D eigenvalue weighted by Gasteiger charge is 2.15. The molecule has 2 aromatic carbocycles. The van der Waals surface area contributed by atoms with Crippen LogP contribution in [0.15, 0.2) is 47.4 Å². The quantitative estimate of drug-likeness (QED) is 0.828. The molecule has 2 aromatic rings. The second-order valence-electron chi connectivity index (χ2n) is 5.66. The molecule has 0 heterocycles. The van der Waals surface area contributed by atoms with Gasteiger partial charge in [-0.25, -0.2) is 13.1 Å². The van der Waals surface area contributed by atoms with Crippen LogP contribution in [0.4, 0.5) is 0 Å². The molecular weight excluding hydrogens is 310 g/mol. The minimum atomic E-state index is -3.61. The molecule has 23 heavy (non-hydrogen) atoms. The molecule has 0 aliphatic carbocycles. The zero-order chi connectivity index (χ0) is 17.0. The Morgan fingerprint density at radius 2 is 1.83 bits per heavy atom. The predicted molar refractivity (Wildman–Crippen MR) is 91.3 cm³/mol. The van der Waals surface area contributed by atoms with E-state index in [1.807, 2.05) is 26.0 Å². The van der Waals surface area contributed by atoms with E-state index < -0.39 is 10.0 Å². The zero-order valence-corrected chi connectivity index (χ0v) is 14.4. The Balaban J connectivity index is 2.08. The van der Waals surface area contributed by atoms with Crippen LogP contribution >= 0.6 is 0 Å². The van der Waals surface area contributed by atoms with Gasteiger partial charge in [-0.3, -0.25) is 4.79 Å². The molecule has 1 N–H and O–H groups in total. The number of nitrogens with one attached hydrogen (secondary N) is 1. The molecule has 0 aromatic heterocycles. The minimum absolute atomic E-state index is 0.117. The van der Waals surface area contributed by atoms with Crippen molar-refractivity contribution in [3.8, 4) is 0 Å². The van der Waals surface area contributed by atoms with Crippen molar-refractivity contribution < 1.29 is 13.2 Å². The Morgan fingerprint density at radius 1 is 1.09 bits per heavy atom. The van der Waals surface area contributed by atoms with Crippen LogP contribution in [0.25, 0.3) is 0 Å². The number of hydrogen-bond donors (Lipinski definition) is 1. The molecule has 2 rings (SSSR count). The van der Waals surface area contributed by atoms with Gasteiger partial charge >= 0.3 is 0 Å². The Bertz CT molecular complexity index is 826. The summed E-state index contributed by atoms with van der Waals surface area (Å²) in [5.41, 5.74) is 3.82. The van der Waals surface area contributed by atoms with Gasteiger partial charge in [0.05, 0.1) is 4.90 Å². The summed E-state index contributed by atoms with van der Waals surface area (Å²) in [5, 5.41) is 0. The summed E-state index contributed by atoms with van der Waals surface area (Å²) in [5.74, 6) is -0.155. The standard InChI is InChI=1S/C18H21NO3S/c1-13-7-8-14(2)16(11-13)9-10-19-23(21,22)18-6-4-5-17(12-18)15(3)20/h4-8,11-12,19H,9-10H2,1-3H3. The molecule has 0 saturated carbocycles. The first-order valence-electron chi connectivity index (χ1n) is 7.46. The number of carbonyl (C=O) groups excluding carboxylic acids is 1. The number of ketones is 1. The van der Waals surface area contributed by atoms with E-state index in [1.165, 1.54) is 19.1 Å². The van der Waals surface area contributed by atoms with E-state index in [0.29, 0.717) is 18.5 Å². The number of hydrogen-bond acceptors (Lipinski definition) is 3. The van der Waals surface area contributed by atoms with E-state index in [0.717, 1.165) is 16.7 Å². The molecule has 4 nitrogen and oxygen atoms in total. The van der Waals surface area contributed by atoms with Crippen LogP contribution in [0.2, 0.25) is 0 Å². The van der Waals surface area contributed by atoms with Crippen LogP contribution < -0.4 is 4.72 Å². The Hall–Kier alpha value is -1.98. The molecule has 0 amide bonds. The maximum atomic E-state index is 12.3. The van der Waals surface area contributed by atoms with Crippen molar-refractivity contribution in [1.82, 2.24) is 4.72 Å². The normalized spacial score (nSPS) is 11.4. The molecule has 0 radical (unpaired) electrons. The fourth-order valence-electron chi connectivity index (χ4n) is 2.36. The second-order valence-corrected chi connectivity index (χ2v) is 7.43. The van der Waals surface area contributed by atoms with E-state index in [4.69, 9.17) is 0 Å². The Morgan fingerprint density at radius 3 is 2.52 bits per heavy atom. The molecule has 122 valence electrons. The summed E-state index contributed by atoms with van der Waals surface area (Å²) >= 11 is 0. The van der Waals surface area contributed by atoms with Crippen molar-refractivity contribution in [1.29, 1.82) is 0 Å². The number of sulfonamides is 1. The second kappa shape index (κ2) is 7.06. The first-order valence-corrected chi connectivity index (χ1v) is 8.95. The first-order chi connectivity index (χ1) is 10.8. The average molecular weight is 331 g/mol. The van der Waals surface area contributed by atoms with Crippen LogP contribution in [0.3, 0.4) is 0 Å². The van der Waals surface area contributed by atoms with Crippen molar-refractivity contribution in [2.75, 3.05) is 6.54 Å². The van der Waals surface area contributed by atoms with Gasteiger partial charge in [0.15, 0.2) is 5.78 Å². The zero-order valence-electron chi connectivity index (χ0n) is 13.6. The topological polar surface area (TPSA) is 63.2 Å². The maximum Gasteiger partial charge on any atom is 0.240 e. The van der Waals surface area contributed by atoms with Crippen LogP contribution in [0.1, 0.15) is 34.0 Å². The molecule has 0 atom stereocenters. The fraction of sp³-hybridized carbons (Fsp3) is 0.278. The van der Waals surface area contributed by atoms with E-state index in [-0.39, 0.29) is 10.7 Å². The lowest BCUT2D eigenvalue weighted by atomic mass is 10.0. The highest BCUT2D eigenvalue weighted by molar-refractivity contribution is 7.89. The van der Waals surface area contributed by atoms with Crippen LogP contribution in [0.5, 0.6) is 0 Å². The van der Waals surface area contributed by atoms with E-state index >= 15 is 0 Å². The highest BCUT2D eigenvalue weighted by atomic mass is 32.2. The Labute approximate surface area is 137 Å². The van der Waals surface area contributed by atoms with Crippen molar-refractivity contribution in [3.63, 3.8) is 0 Å². The van der Waals surface area contributed by atoms with Gasteiger partial charge in [-0.2, -0.15) is 0 Å². The van der Waals surface area contributed by atoms with Crippen molar-refractivity contribution >= 4 is 15.8 Å². The van der Waals surface area contributed by atoms with Gasteiger partial charge in [0.25, 0.3) is 0 Å². The van der Waals surface area contributed by atoms with Gasteiger partial charge < -0.3 is 0 Å². The third-order valence-electron chi connectivity index (χ3n) is 3.74. The van der Waals surface area contributed by atoms with Gasteiger partial charge in [-0.1, -0.05) is 35.9 Å². The van der Waals surface area contributed by atoms with Gasteiger partial charge in [0.2, 0.25) is 10.0 Å². The molecule has 0 saturated heterocycles. The number of Topliss-reactive ketones (excluding diaryl/α,β-unsaturated/α-hetero) is 1. The molecule has 0 aliphatic rings. The third-order valence-corrected chi connectivity index (χ3v) is 5.20. The number of carbonyl (C=O) groups is 1. The first kappa shape index (κ1) is 17.4. The SMILES string of the molecule is CC(=O)c1cccc(S(=O)(=O)NCCc2cc(C)ccc2C)c1. The van der Waals surface area contributed by atoms with E-state index in [9.17, 15) is 13.2 Å². The van der Waals surface area contributed by atoms with Gasteiger partial charge in [0, 0.05) is 12.1 Å². The van der Waals surface area contributed by atoms with Crippen molar-refractivity contribution in [2.24, 2.45) is 0 Å². The largest absolute Gasteiger partial charge is 0.295 e. The highest BCUT2D eigenvalue weighted by Crippen LogP contribution is 2.13. The monoisotopic (exact) mass is 331 g/mol. The van der Waals surface area contributed by atoms with Crippen LogP contribution in [-0.2, 0) is 16.4 Å². The molecule has 0 aliphatic heterocycles. The molecule has 0 unspecified atom stereocenters. The minimum Gasteiger partial charge on any atom is -0.295 e. The Kier molecular flexibility index (Phi) is 5.34. The smallest absolute Gasteiger partial charge is 0.240 e. The summed E-state index contributed by atoms with van der Waals surface area (Å²) in [6.45, 7) is 5.76. The summed E-state index contributed by atoms with van der Waals surface area (Å²) in [4.78, 5) is 11.5. The van der Waals surface area contributed by atoms with E-state index in [2.05, 4.69) is 10.8 Å². The fourth-order valence-corrected chi connectivity index (χ4v) is 3.43. The van der Waals surface area contributed by atoms with Gasteiger partial charge in [0.1, 0.15) is 0 Å². The molecule has 0 spiro atoms. The summed E-state index contributed by atoms with van der Waals surface area (Å²) in [6, 6.07) is 12.2. The van der Waals surface area contributed by atoms with Gasteiger partial charge in [-0.05, 0) is 50.5 Å². The summed E-state index contributed by atoms with van der Waals surface area (Å²) in [6.07, 6.45) is 0.624. The van der Waals surface area contributed by atoms with Crippen molar-refractivity contribution in [3.05, 3.63) is 64.7 Å². The van der Waals surface area contributed by atoms with Crippen LogP contribution in [0, 0.1) is 13.8 Å². The predicted octanol–water partition coefficient (Wildman–Crippen LogP) is 3.03. The lowest BCUT2D eigenvalue weighted by molar-refractivity contribution is 0.101. The van der Waals surface area contributed by atoms with Gasteiger partial charge in [-0.15, -0.1) is 0 Å². The molecular formula is C18H21NO3S.